The van der Waals surface area contributed by atoms with Crippen LogP contribution in [0.1, 0.15) is 0 Å². The summed E-state index contributed by atoms with van der Waals surface area (Å²) >= 11 is -3.36. The van der Waals surface area contributed by atoms with Crippen molar-refractivity contribution in [2.24, 2.45) is 0 Å². The summed E-state index contributed by atoms with van der Waals surface area (Å²) in [5, 5.41) is 0. The Hall–Kier alpha value is 0.503. The second kappa shape index (κ2) is 4.50. The van der Waals surface area contributed by atoms with Crippen LogP contribution in [0, 0.1) is 0 Å². The van der Waals surface area contributed by atoms with E-state index in [4.69, 9.17) is 8.42 Å². The molecule has 0 heterocycles. The molecular formula is FO2RuS. The largest absolute Gasteiger partial charge is 1.00 e. The number of hydrogen-bond acceptors (Lipinski definition) is 3. The molecule has 0 fully saturated rings. The molecule has 0 aliphatic carbocycles. The molecule has 0 aliphatic heterocycles. The summed E-state index contributed by atoms with van der Waals surface area (Å²) in [5.74, 6) is 0. The average molecular weight is 184 g/mol. The topological polar surface area (TPSA) is 34.1 Å². The smallest absolute Gasteiger partial charge is 0.392 e. The van der Waals surface area contributed by atoms with Crippen LogP contribution in [-0.2, 0) is 39.0 Å². The molecule has 1 radical (unpaired) electrons. The SMILES string of the molecule is O=[S-](=O)F.[Ru+]. The minimum atomic E-state index is -3.36. The third-order valence-corrected chi connectivity index (χ3v) is 0. The molecule has 0 bridgehead atoms. The molecule has 0 unspecified atom stereocenters. The third kappa shape index (κ3) is 111. The van der Waals surface area contributed by atoms with Crippen LogP contribution < -0.4 is 0 Å². The van der Waals surface area contributed by atoms with E-state index in [1.54, 1.807) is 0 Å². The van der Waals surface area contributed by atoms with Crippen LogP contribution in [0.25, 0.3) is 0 Å². The number of rotatable bonds is 0. The van der Waals surface area contributed by atoms with Gasteiger partial charge in [0, 0.05) is 0 Å². The molecule has 2 nitrogen and oxygen atoms in total. The summed E-state index contributed by atoms with van der Waals surface area (Å²) in [6.45, 7) is 0. The molecule has 0 spiro atoms. The predicted octanol–water partition coefficient (Wildman–Crippen LogP) is 0.178. The predicted molar refractivity (Wildman–Crippen MR) is 9.85 cm³/mol. The van der Waals surface area contributed by atoms with E-state index in [-0.39, 0.29) is 19.5 Å². The van der Waals surface area contributed by atoms with Gasteiger partial charge in [0.05, 0.1) is 11.1 Å². The van der Waals surface area contributed by atoms with Gasteiger partial charge >= 0.3 is 19.5 Å². The van der Waals surface area contributed by atoms with E-state index in [0.29, 0.717) is 0 Å². The monoisotopic (exact) mass is 185 g/mol. The van der Waals surface area contributed by atoms with Crippen LogP contribution in [0.15, 0.2) is 0 Å². The van der Waals surface area contributed by atoms with Crippen molar-refractivity contribution in [1.82, 2.24) is 0 Å². The van der Waals surface area contributed by atoms with E-state index in [2.05, 4.69) is 0 Å². The fourth-order valence-corrected chi connectivity index (χ4v) is 0. The van der Waals surface area contributed by atoms with Gasteiger partial charge < -0.3 is 12.3 Å². The van der Waals surface area contributed by atoms with Crippen LogP contribution >= 0.6 is 0 Å². The molecular weight excluding hydrogens is 184 g/mol. The summed E-state index contributed by atoms with van der Waals surface area (Å²) < 4.78 is 26.6. The Morgan fingerprint density at radius 3 is 1.40 bits per heavy atom. The first kappa shape index (κ1) is 9.09. The standard InChI is InChI=1S/FO2S.Ru/c1-4(2)3;/q-1;+1. The van der Waals surface area contributed by atoms with Gasteiger partial charge in [-0.25, -0.2) is 0 Å². The summed E-state index contributed by atoms with van der Waals surface area (Å²) in [5.41, 5.74) is 0. The molecule has 0 saturated carbocycles. The van der Waals surface area contributed by atoms with E-state index >= 15 is 0 Å². The maximum absolute atomic E-state index is 9.92. The van der Waals surface area contributed by atoms with E-state index in [9.17, 15) is 3.89 Å². The van der Waals surface area contributed by atoms with Crippen molar-refractivity contribution < 1.29 is 31.8 Å². The first-order chi connectivity index (χ1) is 1.73. The molecule has 0 saturated heterocycles. The van der Waals surface area contributed by atoms with Crippen molar-refractivity contribution in [2.75, 3.05) is 0 Å². The molecule has 0 rings (SSSR count). The molecule has 0 atom stereocenters. The second-order valence-electron chi connectivity index (χ2n) is 0.194. The van der Waals surface area contributed by atoms with Gasteiger partial charge in [-0.2, -0.15) is 0 Å². The Labute approximate surface area is 43.4 Å². The van der Waals surface area contributed by atoms with Crippen molar-refractivity contribution in [3.05, 3.63) is 0 Å². The van der Waals surface area contributed by atoms with Gasteiger partial charge in [-0.3, -0.25) is 0 Å². The molecule has 0 amide bonds. The van der Waals surface area contributed by atoms with Gasteiger partial charge in [0.15, 0.2) is 0 Å². The van der Waals surface area contributed by atoms with Crippen molar-refractivity contribution >= 4 is 11.1 Å². The zero-order valence-corrected chi connectivity index (χ0v) is 4.51. The van der Waals surface area contributed by atoms with Gasteiger partial charge in [0.1, 0.15) is 0 Å². The van der Waals surface area contributed by atoms with Gasteiger partial charge in [0.25, 0.3) is 0 Å². The Balaban J connectivity index is 0. The van der Waals surface area contributed by atoms with E-state index in [1.807, 2.05) is 0 Å². The quantitative estimate of drug-likeness (QED) is 0.305. The Kier molecular flexibility index (Phi) is 8.19. The molecule has 5 heavy (non-hydrogen) atoms. The van der Waals surface area contributed by atoms with Gasteiger partial charge in [-0.1, -0.05) is 0 Å². The van der Waals surface area contributed by atoms with Crippen LogP contribution in [-0.4, -0.2) is 0 Å². The molecule has 0 aromatic carbocycles. The first-order valence-electron chi connectivity index (χ1n) is 0.488. The summed E-state index contributed by atoms with van der Waals surface area (Å²) in [6.07, 6.45) is 0. The minimum absolute atomic E-state index is 0. The Morgan fingerprint density at radius 1 is 1.40 bits per heavy atom. The third-order valence-electron chi connectivity index (χ3n) is 0. The van der Waals surface area contributed by atoms with Gasteiger partial charge in [-0.15, -0.1) is 0 Å². The summed E-state index contributed by atoms with van der Waals surface area (Å²) in [6, 6.07) is 0. The second-order valence-corrected chi connectivity index (χ2v) is 0.582. The van der Waals surface area contributed by atoms with E-state index < -0.39 is 11.1 Å². The average Bonchev–Trinajstić information content (AvgIpc) is 0.811. The zero-order valence-electron chi connectivity index (χ0n) is 1.96. The van der Waals surface area contributed by atoms with Crippen molar-refractivity contribution in [2.45, 2.75) is 0 Å². The molecule has 5 heteroatoms. The molecule has 0 N–H and O–H groups in total. The van der Waals surface area contributed by atoms with Crippen LogP contribution in [0.4, 0.5) is 3.89 Å². The fourth-order valence-electron chi connectivity index (χ4n) is 0. The summed E-state index contributed by atoms with van der Waals surface area (Å²) in [7, 11) is 0. The van der Waals surface area contributed by atoms with E-state index in [0.717, 1.165) is 0 Å². The summed E-state index contributed by atoms with van der Waals surface area (Å²) in [4.78, 5) is 0. The molecule has 33 valence electrons. The van der Waals surface area contributed by atoms with Crippen LogP contribution in [0.5, 0.6) is 0 Å². The number of hydrogen-bond donors (Lipinski definition) is 0. The molecule has 0 aromatic rings. The van der Waals surface area contributed by atoms with Crippen molar-refractivity contribution in [3.8, 4) is 0 Å². The number of halogens is 1. The van der Waals surface area contributed by atoms with Gasteiger partial charge in [-0.05, 0) is 0 Å². The fraction of sp³-hybridized carbons (Fsp3) is 0. The first-order valence-corrected chi connectivity index (χ1v) is 1.46. The van der Waals surface area contributed by atoms with E-state index in [1.165, 1.54) is 0 Å². The Morgan fingerprint density at radius 2 is 1.40 bits per heavy atom. The maximum atomic E-state index is 9.92. The zero-order chi connectivity index (χ0) is 3.58. The maximum Gasteiger partial charge on any atom is 1.00 e. The van der Waals surface area contributed by atoms with Crippen molar-refractivity contribution in [3.63, 3.8) is 0 Å². The minimum Gasteiger partial charge on any atom is -0.392 e. The van der Waals surface area contributed by atoms with Gasteiger partial charge in [0.2, 0.25) is 0 Å². The van der Waals surface area contributed by atoms with Crippen LogP contribution in [0.3, 0.4) is 0 Å². The normalized spacial score (nSPS) is 6.80. The molecule has 0 aliphatic rings. The Bertz CT molecular complexity index is 58.0. The molecule has 0 aromatic heterocycles. The van der Waals surface area contributed by atoms with Crippen LogP contribution in [0.2, 0.25) is 0 Å². The van der Waals surface area contributed by atoms with Crippen molar-refractivity contribution in [1.29, 1.82) is 0 Å².